The van der Waals surface area contributed by atoms with Crippen molar-refractivity contribution in [3.05, 3.63) is 47.6 Å². The SMILES string of the molecule is NCC1CCC(c2nc(C3(CN[C@@H]4C[C@H]4c4ccccc4)CC3)no2)CC1. The summed E-state index contributed by atoms with van der Waals surface area (Å²) in [7, 11) is 0. The molecule has 27 heavy (non-hydrogen) atoms. The molecular formula is C22H30N4O. The van der Waals surface area contributed by atoms with Crippen molar-refractivity contribution in [2.24, 2.45) is 11.7 Å². The molecule has 0 saturated heterocycles. The highest BCUT2D eigenvalue weighted by Crippen LogP contribution is 2.48. The predicted molar refractivity (Wildman–Crippen MR) is 105 cm³/mol. The summed E-state index contributed by atoms with van der Waals surface area (Å²) in [6, 6.07) is 11.4. The number of nitrogens with one attached hydrogen (secondary N) is 1. The molecule has 5 rings (SSSR count). The van der Waals surface area contributed by atoms with Gasteiger partial charge in [-0.05, 0) is 63.0 Å². The van der Waals surface area contributed by atoms with Gasteiger partial charge in [-0.2, -0.15) is 4.98 Å². The average molecular weight is 367 g/mol. The van der Waals surface area contributed by atoms with Gasteiger partial charge >= 0.3 is 0 Å². The number of rotatable bonds is 7. The van der Waals surface area contributed by atoms with Crippen LogP contribution >= 0.6 is 0 Å². The first-order valence-corrected chi connectivity index (χ1v) is 10.6. The quantitative estimate of drug-likeness (QED) is 0.784. The lowest BCUT2D eigenvalue weighted by Gasteiger charge is -2.25. The molecule has 1 heterocycles. The topological polar surface area (TPSA) is 77.0 Å². The van der Waals surface area contributed by atoms with E-state index in [0.29, 0.717) is 23.8 Å². The van der Waals surface area contributed by atoms with Crippen LogP contribution in [0, 0.1) is 5.92 Å². The second-order valence-electron chi connectivity index (χ2n) is 8.93. The summed E-state index contributed by atoms with van der Waals surface area (Å²) in [5.74, 6) is 3.58. The number of benzene rings is 1. The molecule has 2 atom stereocenters. The second-order valence-corrected chi connectivity index (χ2v) is 8.93. The van der Waals surface area contributed by atoms with Gasteiger partial charge in [-0.3, -0.25) is 0 Å². The van der Waals surface area contributed by atoms with Crippen LogP contribution in [0.2, 0.25) is 0 Å². The van der Waals surface area contributed by atoms with Crippen LogP contribution in [0.15, 0.2) is 34.9 Å². The first kappa shape index (κ1) is 17.4. The molecule has 3 N–H and O–H groups in total. The Kier molecular flexibility index (Phi) is 4.52. The number of hydrogen-bond donors (Lipinski definition) is 2. The molecule has 0 aliphatic heterocycles. The Morgan fingerprint density at radius 1 is 1.11 bits per heavy atom. The third kappa shape index (κ3) is 3.55. The molecule has 0 radical (unpaired) electrons. The van der Waals surface area contributed by atoms with E-state index in [1.807, 2.05) is 0 Å². The zero-order valence-electron chi connectivity index (χ0n) is 15.9. The van der Waals surface area contributed by atoms with Crippen LogP contribution in [0.5, 0.6) is 0 Å². The van der Waals surface area contributed by atoms with Crippen LogP contribution in [0.1, 0.15) is 74.1 Å². The van der Waals surface area contributed by atoms with Crippen LogP contribution in [-0.4, -0.2) is 29.3 Å². The van der Waals surface area contributed by atoms with Crippen LogP contribution in [0.3, 0.4) is 0 Å². The van der Waals surface area contributed by atoms with Crippen molar-refractivity contribution in [1.29, 1.82) is 0 Å². The Morgan fingerprint density at radius 3 is 2.59 bits per heavy atom. The first-order chi connectivity index (χ1) is 13.3. The van der Waals surface area contributed by atoms with Gasteiger partial charge in [-0.1, -0.05) is 35.5 Å². The molecule has 0 bridgehead atoms. The average Bonchev–Trinajstić information content (AvgIpc) is 3.64. The molecule has 3 aliphatic carbocycles. The molecule has 0 spiro atoms. The van der Waals surface area contributed by atoms with Crippen molar-refractivity contribution < 1.29 is 4.52 Å². The minimum Gasteiger partial charge on any atom is -0.339 e. The lowest BCUT2D eigenvalue weighted by atomic mass is 9.82. The van der Waals surface area contributed by atoms with Gasteiger partial charge < -0.3 is 15.6 Å². The van der Waals surface area contributed by atoms with Crippen molar-refractivity contribution in [3.63, 3.8) is 0 Å². The summed E-state index contributed by atoms with van der Waals surface area (Å²) in [4.78, 5) is 4.85. The smallest absolute Gasteiger partial charge is 0.229 e. The van der Waals surface area contributed by atoms with E-state index in [4.69, 9.17) is 15.2 Å². The Balaban J connectivity index is 1.17. The fraction of sp³-hybridized carbons (Fsp3) is 0.636. The van der Waals surface area contributed by atoms with Gasteiger partial charge in [-0.25, -0.2) is 0 Å². The highest BCUT2D eigenvalue weighted by Gasteiger charge is 2.50. The van der Waals surface area contributed by atoms with Gasteiger partial charge in [0.1, 0.15) is 0 Å². The normalized spacial score (nSPS) is 31.6. The highest BCUT2D eigenvalue weighted by molar-refractivity contribution is 5.28. The van der Waals surface area contributed by atoms with Gasteiger partial charge in [0.2, 0.25) is 5.89 Å². The molecule has 5 nitrogen and oxygen atoms in total. The van der Waals surface area contributed by atoms with E-state index < -0.39 is 0 Å². The van der Waals surface area contributed by atoms with Crippen LogP contribution in [-0.2, 0) is 5.41 Å². The zero-order chi connectivity index (χ0) is 18.3. The van der Waals surface area contributed by atoms with Crippen molar-refractivity contribution in [1.82, 2.24) is 15.5 Å². The van der Waals surface area contributed by atoms with Crippen molar-refractivity contribution >= 4 is 0 Å². The Labute approximate surface area is 161 Å². The van der Waals surface area contributed by atoms with Gasteiger partial charge in [0.15, 0.2) is 5.82 Å². The lowest BCUT2D eigenvalue weighted by Crippen LogP contribution is -2.30. The van der Waals surface area contributed by atoms with Crippen LogP contribution in [0.25, 0.3) is 0 Å². The van der Waals surface area contributed by atoms with Gasteiger partial charge in [0.05, 0.1) is 0 Å². The number of hydrogen-bond acceptors (Lipinski definition) is 5. The Bertz CT molecular complexity index is 762. The number of nitrogens with two attached hydrogens (primary N) is 1. The molecule has 0 unspecified atom stereocenters. The molecular weight excluding hydrogens is 336 g/mol. The van der Waals surface area contributed by atoms with Gasteiger partial charge in [0, 0.05) is 29.8 Å². The van der Waals surface area contributed by atoms with E-state index in [-0.39, 0.29) is 5.41 Å². The molecule has 5 heteroatoms. The van der Waals surface area contributed by atoms with Gasteiger partial charge in [-0.15, -0.1) is 0 Å². The molecule has 3 saturated carbocycles. The first-order valence-electron chi connectivity index (χ1n) is 10.6. The van der Waals surface area contributed by atoms with E-state index in [1.54, 1.807) is 0 Å². The fourth-order valence-electron chi connectivity index (χ4n) is 4.71. The largest absolute Gasteiger partial charge is 0.339 e. The summed E-state index contributed by atoms with van der Waals surface area (Å²) in [6.45, 7) is 1.78. The van der Waals surface area contributed by atoms with Crippen molar-refractivity contribution in [3.8, 4) is 0 Å². The van der Waals surface area contributed by atoms with Crippen LogP contribution in [0.4, 0.5) is 0 Å². The number of nitrogens with zero attached hydrogens (tertiary/aromatic N) is 2. The minimum atomic E-state index is 0.111. The maximum absolute atomic E-state index is 5.81. The second kappa shape index (κ2) is 7.02. The summed E-state index contributed by atoms with van der Waals surface area (Å²) in [6.07, 6.45) is 8.22. The van der Waals surface area contributed by atoms with E-state index >= 15 is 0 Å². The van der Waals surface area contributed by atoms with E-state index in [0.717, 1.165) is 37.6 Å². The van der Waals surface area contributed by atoms with E-state index in [9.17, 15) is 0 Å². The maximum Gasteiger partial charge on any atom is 0.229 e. The maximum atomic E-state index is 5.81. The Morgan fingerprint density at radius 2 is 1.89 bits per heavy atom. The molecule has 0 amide bonds. The highest BCUT2D eigenvalue weighted by atomic mass is 16.5. The van der Waals surface area contributed by atoms with Crippen molar-refractivity contribution in [2.45, 2.75) is 68.2 Å². The van der Waals surface area contributed by atoms with E-state index in [2.05, 4.69) is 40.8 Å². The summed E-state index contributed by atoms with van der Waals surface area (Å²) in [5.41, 5.74) is 7.37. The van der Waals surface area contributed by atoms with E-state index in [1.165, 1.54) is 37.7 Å². The summed E-state index contributed by atoms with van der Waals surface area (Å²) in [5, 5.41) is 8.16. The number of aromatic nitrogens is 2. The third-order valence-corrected chi connectivity index (χ3v) is 7.02. The fourth-order valence-corrected chi connectivity index (χ4v) is 4.71. The molecule has 144 valence electrons. The standard InChI is InChI=1S/C22H30N4O/c23-13-15-6-8-17(9-7-15)20-25-21(26-27-20)22(10-11-22)14-24-19-12-18(19)16-4-2-1-3-5-16/h1-5,15,17-19,24H,6-14,23H2/t15?,17?,18-,19+/m0/s1. The van der Waals surface area contributed by atoms with Gasteiger partial charge in [0.25, 0.3) is 0 Å². The molecule has 1 aromatic heterocycles. The zero-order valence-corrected chi connectivity index (χ0v) is 15.9. The summed E-state index contributed by atoms with van der Waals surface area (Å²) < 4.78 is 5.69. The molecule has 2 aromatic rings. The third-order valence-electron chi connectivity index (χ3n) is 7.02. The predicted octanol–water partition coefficient (Wildman–Crippen LogP) is 3.48. The molecule has 3 fully saturated rings. The lowest BCUT2D eigenvalue weighted by molar-refractivity contribution is 0.273. The summed E-state index contributed by atoms with van der Waals surface area (Å²) >= 11 is 0. The van der Waals surface area contributed by atoms with Crippen LogP contribution < -0.4 is 11.1 Å². The monoisotopic (exact) mass is 366 g/mol. The minimum absolute atomic E-state index is 0.111. The van der Waals surface area contributed by atoms with Crippen molar-refractivity contribution in [2.75, 3.05) is 13.1 Å². The molecule has 3 aliphatic rings. The molecule has 1 aromatic carbocycles. The Hall–Kier alpha value is -1.72.